The average molecular weight is 222 g/mol. The van der Waals surface area contributed by atoms with Crippen LogP contribution in [0.25, 0.3) is 0 Å². The van der Waals surface area contributed by atoms with Gasteiger partial charge in [0.1, 0.15) is 0 Å². The van der Waals surface area contributed by atoms with Crippen LogP contribution in [-0.2, 0) is 9.53 Å². The molecule has 2 fully saturated rings. The van der Waals surface area contributed by atoms with Crippen LogP contribution in [0.3, 0.4) is 0 Å². The first-order valence-electron chi connectivity index (χ1n) is 5.86. The second-order valence-electron chi connectivity index (χ2n) is 4.34. The van der Waals surface area contributed by atoms with Crippen molar-refractivity contribution < 1.29 is 9.53 Å². The zero-order valence-corrected chi connectivity index (χ0v) is 9.74. The molecule has 0 spiro atoms. The number of morpholine rings is 1. The van der Waals surface area contributed by atoms with E-state index in [-0.39, 0.29) is 11.9 Å². The van der Waals surface area contributed by atoms with E-state index in [9.17, 15) is 4.79 Å². The molecule has 0 N–H and O–H groups in total. The zero-order chi connectivity index (χ0) is 11.4. The summed E-state index contributed by atoms with van der Waals surface area (Å²) in [5, 5.41) is 0. The van der Waals surface area contributed by atoms with Crippen LogP contribution in [0.1, 0.15) is 12.8 Å². The van der Waals surface area contributed by atoms with Gasteiger partial charge in [0.2, 0.25) is 0 Å². The minimum absolute atomic E-state index is 0.0310. The van der Waals surface area contributed by atoms with Crippen LogP contribution < -0.4 is 0 Å². The quantitative estimate of drug-likeness (QED) is 0.538. The summed E-state index contributed by atoms with van der Waals surface area (Å²) in [6, 6.07) is 0.0697. The van der Waals surface area contributed by atoms with Gasteiger partial charge in [-0.15, -0.1) is 0 Å². The molecule has 2 aliphatic heterocycles. The van der Waals surface area contributed by atoms with Gasteiger partial charge < -0.3 is 9.64 Å². The van der Waals surface area contributed by atoms with E-state index < -0.39 is 0 Å². The lowest BCUT2D eigenvalue weighted by atomic mass is 10.2. The van der Waals surface area contributed by atoms with Crippen molar-refractivity contribution in [1.82, 2.24) is 9.80 Å². The fourth-order valence-electron chi connectivity index (χ4n) is 1.98. The maximum absolute atomic E-state index is 11.7. The topological polar surface area (TPSA) is 32.8 Å². The van der Waals surface area contributed by atoms with Crippen molar-refractivity contribution in [1.29, 1.82) is 0 Å². The Kier molecular flexibility index (Phi) is 3.81. The molecule has 1 atom stereocenters. The third kappa shape index (κ3) is 2.75. The van der Waals surface area contributed by atoms with Gasteiger partial charge >= 0.3 is 0 Å². The lowest BCUT2D eigenvalue weighted by Crippen LogP contribution is -2.42. The molecular formula is C12H18N2O2. The van der Waals surface area contributed by atoms with E-state index in [0.717, 1.165) is 39.1 Å². The lowest BCUT2D eigenvalue weighted by molar-refractivity contribution is -0.124. The number of carbonyl (C=O) groups is 1. The number of likely N-dealkylation sites (N-methyl/N-ethyl adjacent to an activating group) is 1. The van der Waals surface area contributed by atoms with Crippen molar-refractivity contribution in [2.24, 2.45) is 0 Å². The van der Waals surface area contributed by atoms with Gasteiger partial charge in [0, 0.05) is 19.6 Å². The van der Waals surface area contributed by atoms with Crippen molar-refractivity contribution in [3.8, 4) is 11.8 Å². The third-order valence-corrected chi connectivity index (χ3v) is 3.14. The molecule has 88 valence electrons. The van der Waals surface area contributed by atoms with Crippen molar-refractivity contribution in [2.75, 3.05) is 39.9 Å². The maximum atomic E-state index is 11.7. The number of likely N-dealkylation sites (tertiary alicyclic amines) is 1. The predicted octanol–water partition coefficient (Wildman–Crippen LogP) is -0.0572. The molecule has 0 aromatic carbocycles. The van der Waals surface area contributed by atoms with Gasteiger partial charge in [-0.25, -0.2) is 0 Å². The van der Waals surface area contributed by atoms with Crippen molar-refractivity contribution in [2.45, 2.75) is 18.9 Å². The number of hydrogen-bond donors (Lipinski definition) is 0. The largest absolute Gasteiger partial charge is 0.377 e. The number of ether oxygens (including phenoxy) is 1. The second kappa shape index (κ2) is 5.33. The molecule has 0 aromatic rings. The average Bonchev–Trinajstić information content (AvgIpc) is 2.81. The van der Waals surface area contributed by atoms with E-state index in [4.69, 9.17) is 4.74 Å². The Balaban J connectivity index is 1.89. The van der Waals surface area contributed by atoms with E-state index in [2.05, 4.69) is 16.7 Å². The maximum Gasteiger partial charge on any atom is 0.298 e. The normalized spacial score (nSPS) is 26.3. The van der Waals surface area contributed by atoms with Crippen LogP contribution in [-0.4, -0.2) is 61.6 Å². The molecule has 0 bridgehead atoms. The highest BCUT2D eigenvalue weighted by molar-refractivity contribution is 5.93. The van der Waals surface area contributed by atoms with Crippen molar-refractivity contribution in [3.05, 3.63) is 0 Å². The Hall–Kier alpha value is -1.05. The monoisotopic (exact) mass is 222 g/mol. The summed E-state index contributed by atoms with van der Waals surface area (Å²) < 4.78 is 5.34. The van der Waals surface area contributed by atoms with Gasteiger partial charge in [0.15, 0.2) is 0 Å². The molecule has 0 aromatic heterocycles. The summed E-state index contributed by atoms with van der Waals surface area (Å²) >= 11 is 0. The van der Waals surface area contributed by atoms with Gasteiger partial charge in [-0.05, 0) is 25.8 Å². The molecule has 16 heavy (non-hydrogen) atoms. The first-order valence-corrected chi connectivity index (χ1v) is 5.86. The summed E-state index contributed by atoms with van der Waals surface area (Å²) in [6.07, 6.45) is 2.22. The molecule has 1 amide bonds. The van der Waals surface area contributed by atoms with E-state index in [1.165, 1.54) is 0 Å². The minimum atomic E-state index is -0.0310. The Morgan fingerprint density at radius 2 is 2.06 bits per heavy atom. The molecule has 2 heterocycles. The molecule has 2 saturated heterocycles. The van der Waals surface area contributed by atoms with E-state index >= 15 is 0 Å². The summed E-state index contributed by atoms with van der Waals surface area (Å²) in [4.78, 5) is 15.7. The molecule has 0 unspecified atom stereocenters. The summed E-state index contributed by atoms with van der Waals surface area (Å²) in [6.45, 7) is 3.98. The van der Waals surface area contributed by atoms with Crippen LogP contribution >= 0.6 is 0 Å². The van der Waals surface area contributed by atoms with Crippen LogP contribution in [0.5, 0.6) is 0 Å². The summed E-state index contributed by atoms with van der Waals surface area (Å²) in [5.41, 5.74) is 0. The summed E-state index contributed by atoms with van der Waals surface area (Å²) in [7, 11) is 2.02. The molecule has 0 radical (unpaired) electrons. The van der Waals surface area contributed by atoms with E-state index in [0.29, 0.717) is 6.61 Å². The van der Waals surface area contributed by atoms with Crippen LogP contribution in [0.2, 0.25) is 0 Å². The number of carbonyl (C=O) groups excluding carboxylic acids is 1. The van der Waals surface area contributed by atoms with Gasteiger partial charge in [0.05, 0.1) is 19.3 Å². The molecule has 0 aliphatic carbocycles. The highest BCUT2D eigenvalue weighted by Crippen LogP contribution is 2.07. The van der Waals surface area contributed by atoms with Crippen LogP contribution in [0, 0.1) is 11.8 Å². The lowest BCUT2D eigenvalue weighted by Gasteiger charge is -2.28. The standard InChI is InChI=1S/C12H18N2O2/c1-13-8-9-16-10-11(13)4-5-12(15)14-6-2-3-7-14/h11H,2-3,6-10H2,1H3/t11-/m1/s1. The van der Waals surface area contributed by atoms with Gasteiger partial charge in [0.25, 0.3) is 5.91 Å². The predicted molar refractivity (Wildman–Crippen MR) is 60.8 cm³/mol. The molecule has 0 saturated carbocycles. The Labute approximate surface area is 96.5 Å². The smallest absolute Gasteiger partial charge is 0.298 e. The van der Waals surface area contributed by atoms with Gasteiger partial charge in [-0.3, -0.25) is 9.69 Å². The second-order valence-corrected chi connectivity index (χ2v) is 4.34. The highest BCUT2D eigenvalue weighted by atomic mass is 16.5. The molecular weight excluding hydrogens is 204 g/mol. The molecule has 4 nitrogen and oxygen atoms in total. The Morgan fingerprint density at radius 3 is 2.75 bits per heavy atom. The number of nitrogens with zero attached hydrogens (tertiary/aromatic N) is 2. The number of amides is 1. The fourth-order valence-corrected chi connectivity index (χ4v) is 1.98. The Morgan fingerprint density at radius 1 is 1.31 bits per heavy atom. The minimum Gasteiger partial charge on any atom is -0.377 e. The highest BCUT2D eigenvalue weighted by Gasteiger charge is 2.19. The van der Waals surface area contributed by atoms with Crippen molar-refractivity contribution in [3.63, 3.8) is 0 Å². The van der Waals surface area contributed by atoms with E-state index in [1.54, 1.807) is 0 Å². The Bertz CT molecular complexity index is 313. The van der Waals surface area contributed by atoms with Crippen LogP contribution in [0.4, 0.5) is 0 Å². The van der Waals surface area contributed by atoms with Crippen molar-refractivity contribution >= 4 is 5.91 Å². The number of hydrogen-bond acceptors (Lipinski definition) is 3. The first kappa shape index (κ1) is 11.4. The van der Waals surface area contributed by atoms with Crippen LogP contribution in [0.15, 0.2) is 0 Å². The van der Waals surface area contributed by atoms with Gasteiger partial charge in [-0.1, -0.05) is 5.92 Å². The third-order valence-electron chi connectivity index (χ3n) is 3.14. The fraction of sp³-hybridized carbons (Fsp3) is 0.750. The molecule has 2 aliphatic rings. The molecule has 2 rings (SSSR count). The zero-order valence-electron chi connectivity index (χ0n) is 9.74. The SMILES string of the molecule is CN1CCOC[C@H]1C#CC(=O)N1CCCC1. The number of rotatable bonds is 0. The summed E-state index contributed by atoms with van der Waals surface area (Å²) in [5.74, 6) is 5.72. The molecule has 4 heteroatoms. The van der Waals surface area contributed by atoms with Gasteiger partial charge in [-0.2, -0.15) is 0 Å². The van der Waals surface area contributed by atoms with E-state index in [1.807, 2.05) is 11.9 Å². The first-order chi connectivity index (χ1) is 7.77.